The van der Waals surface area contributed by atoms with Gasteiger partial charge in [0.2, 0.25) is 0 Å². The number of aromatic amines is 2. The van der Waals surface area contributed by atoms with Crippen molar-refractivity contribution in [1.29, 1.82) is 0 Å². The topological polar surface area (TPSA) is 113 Å². The minimum atomic E-state index is -1.04. The summed E-state index contributed by atoms with van der Waals surface area (Å²) in [5.74, 6) is -0.753. The van der Waals surface area contributed by atoms with Crippen LogP contribution in [0.1, 0.15) is 22.6 Å². The van der Waals surface area contributed by atoms with Gasteiger partial charge in [-0.1, -0.05) is 48.5 Å². The highest BCUT2D eigenvalue weighted by atomic mass is 16.6. The minimum Gasteiger partial charge on any atom is -0.467 e. The van der Waals surface area contributed by atoms with Crippen LogP contribution in [0.5, 0.6) is 0 Å². The second kappa shape index (κ2) is 8.28. The van der Waals surface area contributed by atoms with Gasteiger partial charge in [-0.25, -0.2) is 9.59 Å². The summed E-state index contributed by atoms with van der Waals surface area (Å²) in [6, 6.07) is 15.0. The summed E-state index contributed by atoms with van der Waals surface area (Å²) in [7, 11) is 1.22. The first-order chi connectivity index (χ1) is 14.6. The Balaban J connectivity index is 1.45. The Morgan fingerprint density at radius 3 is 2.27 bits per heavy atom. The summed E-state index contributed by atoms with van der Waals surface area (Å²) >= 11 is 0. The maximum atomic E-state index is 12.4. The summed E-state index contributed by atoms with van der Waals surface area (Å²) in [6.45, 7) is 0.124. The van der Waals surface area contributed by atoms with E-state index in [0.717, 1.165) is 22.3 Å². The highest BCUT2D eigenvalue weighted by molar-refractivity contribution is 5.82. The van der Waals surface area contributed by atoms with E-state index in [0.29, 0.717) is 5.56 Å². The number of amides is 1. The normalized spacial score (nSPS) is 13.2. The standard InChI is InChI=1S/C22H21N3O5/c1-29-21(27)19(10-13-11-23-25-20(13)26)24-22(28)30-12-18-16-8-4-2-6-14(16)15-7-3-5-9-17(15)18/h2-9,11,18-19H,10,12H2,1H3,(H,24,28)(H2,23,25,26)/t19-/m1/s1. The SMILES string of the molecule is COC(=O)[C@@H](Cc1c[nH][nH]c1=O)NC(=O)OCC1c2ccccc2-c2ccccc21. The van der Waals surface area contributed by atoms with Crippen LogP contribution in [0.4, 0.5) is 4.79 Å². The molecule has 1 atom stereocenters. The molecule has 0 saturated carbocycles. The minimum absolute atomic E-state index is 0.0182. The van der Waals surface area contributed by atoms with Crippen LogP contribution in [0, 0.1) is 0 Å². The van der Waals surface area contributed by atoms with E-state index in [-0.39, 0.29) is 24.5 Å². The van der Waals surface area contributed by atoms with Crippen molar-refractivity contribution in [1.82, 2.24) is 15.5 Å². The van der Waals surface area contributed by atoms with Crippen molar-refractivity contribution in [3.05, 3.63) is 81.8 Å². The van der Waals surface area contributed by atoms with Crippen molar-refractivity contribution in [3.8, 4) is 11.1 Å². The number of nitrogens with one attached hydrogen (secondary N) is 3. The van der Waals surface area contributed by atoms with Crippen molar-refractivity contribution in [2.75, 3.05) is 13.7 Å². The van der Waals surface area contributed by atoms with Gasteiger partial charge in [-0.3, -0.25) is 9.89 Å². The van der Waals surface area contributed by atoms with Gasteiger partial charge < -0.3 is 19.9 Å². The molecule has 1 aliphatic carbocycles. The van der Waals surface area contributed by atoms with Crippen LogP contribution >= 0.6 is 0 Å². The van der Waals surface area contributed by atoms with E-state index in [4.69, 9.17) is 9.47 Å². The van der Waals surface area contributed by atoms with Gasteiger partial charge in [0.25, 0.3) is 5.56 Å². The molecule has 0 bridgehead atoms. The average Bonchev–Trinajstić information content (AvgIpc) is 3.32. The zero-order valence-corrected chi connectivity index (χ0v) is 16.3. The van der Waals surface area contributed by atoms with E-state index in [1.165, 1.54) is 13.3 Å². The number of esters is 1. The second-order valence-electron chi connectivity index (χ2n) is 7.02. The second-order valence-corrected chi connectivity index (χ2v) is 7.02. The molecule has 1 amide bonds. The van der Waals surface area contributed by atoms with Gasteiger partial charge in [0, 0.05) is 24.1 Å². The van der Waals surface area contributed by atoms with E-state index < -0.39 is 18.1 Å². The number of carbonyl (C=O) groups is 2. The molecule has 0 saturated heterocycles. The first-order valence-corrected chi connectivity index (χ1v) is 9.52. The molecule has 1 aromatic heterocycles. The van der Waals surface area contributed by atoms with Crippen molar-refractivity contribution < 1.29 is 19.1 Å². The molecule has 3 N–H and O–H groups in total. The highest BCUT2D eigenvalue weighted by Crippen LogP contribution is 2.44. The van der Waals surface area contributed by atoms with E-state index in [2.05, 4.69) is 27.6 Å². The lowest BCUT2D eigenvalue weighted by Crippen LogP contribution is -2.44. The zero-order chi connectivity index (χ0) is 21.1. The van der Waals surface area contributed by atoms with Crippen molar-refractivity contribution >= 4 is 12.1 Å². The first kappa shape index (κ1) is 19.5. The highest BCUT2D eigenvalue weighted by Gasteiger charge is 2.30. The third kappa shape index (κ3) is 3.71. The Kier molecular flexibility index (Phi) is 5.38. The zero-order valence-electron chi connectivity index (χ0n) is 16.3. The molecule has 3 aromatic rings. The predicted molar refractivity (Wildman–Crippen MR) is 109 cm³/mol. The number of ether oxygens (including phenoxy) is 2. The molecule has 1 aliphatic rings. The van der Waals surface area contributed by atoms with Crippen LogP contribution in [0.2, 0.25) is 0 Å². The molecule has 2 aromatic carbocycles. The first-order valence-electron chi connectivity index (χ1n) is 9.52. The van der Waals surface area contributed by atoms with Crippen molar-refractivity contribution in [2.45, 2.75) is 18.4 Å². The van der Waals surface area contributed by atoms with Crippen molar-refractivity contribution in [2.24, 2.45) is 0 Å². The molecule has 0 aliphatic heterocycles. The van der Waals surface area contributed by atoms with Gasteiger partial charge in [-0.15, -0.1) is 0 Å². The Bertz CT molecular complexity index is 1090. The molecule has 4 rings (SSSR count). The fourth-order valence-corrected chi connectivity index (χ4v) is 3.82. The van der Waals surface area contributed by atoms with Crippen LogP contribution in [-0.2, 0) is 20.7 Å². The number of rotatable bonds is 6. The number of hydrogen-bond donors (Lipinski definition) is 3. The van der Waals surface area contributed by atoms with E-state index in [1.807, 2.05) is 36.4 Å². The van der Waals surface area contributed by atoms with Gasteiger partial charge in [0.1, 0.15) is 12.6 Å². The van der Waals surface area contributed by atoms with Crippen LogP contribution in [0.25, 0.3) is 11.1 Å². The van der Waals surface area contributed by atoms with Crippen molar-refractivity contribution in [3.63, 3.8) is 0 Å². The fraction of sp³-hybridized carbons (Fsp3) is 0.227. The molecule has 0 spiro atoms. The lowest BCUT2D eigenvalue weighted by atomic mass is 9.98. The number of methoxy groups -OCH3 is 1. The molecular weight excluding hydrogens is 386 g/mol. The summed E-state index contributed by atoms with van der Waals surface area (Å²) in [5, 5.41) is 7.45. The van der Waals surface area contributed by atoms with Gasteiger partial charge in [0.05, 0.1) is 7.11 Å². The number of benzene rings is 2. The van der Waals surface area contributed by atoms with E-state index in [1.54, 1.807) is 0 Å². The summed E-state index contributed by atoms with van der Waals surface area (Å²) in [5.41, 5.74) is 4.40. The molecule has 30 heavy (non-hydrogen) atoms. The van der Waals surface area contributed by atoms with Gasteiger partial charge in [-0.05, 0) is 22.3 Å². The number of alkyl carbamates (subject to hydrolysis) is 1. The molecule has 1 heterocycles. The smallest absolute Gasteiger partial charge is 0.407 e. The van der Waals surface area contributed by atoms with Crippen LogP contribution in [-0.4, -0.2) is 42.0 Å². The Morgan fingerprint density at radius 2 is 1.70 bits per heavy atom. The van der Waals surface area contributed by atoms with Crippen LogP contribution < -0.4 is 10.9 Å². The number of H-pyrrole nitrogens is 2. The predicted octanol–water partition coefficient (Wildman–Crippen LogP) is 2.33. The van der Waals surface area contributed by atoms with Crippen LogP contribution in [0.3, 0.4) is 0 Å². The third-order valence-electron chi connectivity index (χ3n) is 5.27. The maximum absolute atomic E-state index is 12.4. The third-order valence-corrected chi connectivity index (χ3v) is 5.27. The summed E-state index contributed by atoms with van der Waals surface area (Å²) < 4.78 is 10.2. The summed E-state index contributed by atoms with van der Waals surface area (Å²) in [4.78, 5) is 36.2. The van der Waals surface area contributed by atoms with Gasteiger partial charge in [-0.2, -0.15) is 0 Å². The Labute approximate surface area is 172 Å². The van der Waals surface area contributed by atoms with Gasteiger partial charge in [0.15, 0.2) is 0 Å². The number of fused-ring (bicyclic) bond motifs is 3. The number of carbonyl (C=O) groups excluding carboxylic acids is 2. The quantitative estimate of drug-likeness (QED) is 0.543. The molecule has 0 unspecified atom stereocenters. The monoisotopic (exact) mass is 407 g/mol. The molecule has 8 heteroatoms. The molecular formula is C22H21N3O5. The largest absolute Gasteiger partial charge is 0.467 e. The summed E-state index contributed by atoms with van der Waals surface area (Å²) in [6.07, 6.45) is 0.673. The van der Waals surface area contributed by atoms with E-state index >= 15 is 0 Å². The fourth-order valence-electron chi connectivity index (χ4n) is 3.82. The maximum Gasteiger partial charge on any atom is 0.407 e. The number of aromatic nitrogens is 2. The lowest BCUT2D eigenvalue weighted by Gasteiger charge is -2.18. The Hall–Kier alpha value is -3.81. The van der Waals surface area contributed by atoms with E-state index in [9.17, 15) is 14.4 Å². The van der Waals surface area contributed by atoms with Gasteiger partial charge >= 0.3 is 12.1 Å². The number of hydrogen-bond acceptors (Lipinski definition) is 5. The molecule has 0 fully saturated rings. The molecule has 0 radical (unpaired) electrons. The average molecular weight is 407 g/mol. The molecule has 8 nitrogen and oxygen atoms in total. The lowest BCUT2D eigenvalue weighted by molar-refractivity contribution is -0.143. The van der Waals surface area contributed by atoms with Crippen LogP contribution in [0.15, 0.2) is 59.5 Å². The molecule has 154 valence electrons. The Morgan fingerprint density at radius 1 is 1.07 bits per heavy atom.